The minimum absolute atomic E-state index is 0.0871. The molecule has 1 N–H and O–H groups in total. The highest BCUT2D eigenvalue weighted by molar-refractivity contribution is 7.92. The van der Waals surface area contributed by atoms with Gasteiger partial charge in [-0.1, -0.05) is 30.3 Å². The lowest BCUT2D eigenvalue weighted by molar-refractivity contribution is 0.313. The number of aryl methyl sites for hydroxylation is 1. The molecule has 0 atom stereocenters. The van der Waals surface area contributed by atoms with E-state index < -0.39 is 10.0 Å². The number of anilines is 2. The molecule has 0 saturated carbocycles. The molecule has 0 unspecified atom stereocenters. The maximum atomic E-state index is 12.2. The van der Waals surface area contributed by atoms with E-state index in [1.165, 1.54) is 0 Å². The highest BCUT2D eigenvalue weighted by Gasteiger charge is 2.15. The Morgan fingerprint density at radius 2 is 1.77 bits per heavy atom. The van der Waals surface area contributed by atoms with Gasteiger partial charge >= 0.3 is 0 Å². The van der Waals surface area contributed by atoms with Gasteiger partial charge in [0.2, 0.25) is 10.0 Å². The summed E-state index contributed by atoms with van der Waals surface area (Å²) >= 11 is 0. The van der Waals surface area contributed by atoms with Crippen LogP contribution in [0.4, 0.5) is 11.5 Å². The zero-order valence-electron chi connectivity index (χ0n) is 15.1. The number of sulfonamides is 1. The van der Waals surface area contributed by atoms with Crippen molar-refractivity contribution in [1.82, 2.24) is 9.88 Å². The number of likely N-dealkylation sites (N-methyl/N-ethyl adjacent to an activating group) is 1. The Labute approximate surface area is 155 Å². The van der Waals surface area contributed by atoms with E-state index in [0.29, 0.717) is 12.2 Å². The van der Waals surface area contributed by atoms with E-state index in [1.54, 1.807) is 12.3 Å². The van der Waals surface area contributed by atoms with Crippen LogP contribution in [0.2, 0.25) is 0 Å². The molecule has 7 heteroatoms. The smallest absolute Gasteiger partial charge is 0.233 e. The summed E-state index contributed by atoms with van der Waals surface area (Å²) in [5, 5.41) is 0. The largest absolute Gasteiger partial charge is 0.368 e. The average Bonchev–Trinajstić information content (AvgIpc) is 2.63. The van der Waals surface area contributed by atoms with Crippen molar-refractivity contribution in [3.05, 3.63) is 54.2 Å². The van der Waals surface area contributed by atoms with E-state index in [4.69, 9.17) is 0 Å². The van der Waals surface area contributed by atoms with Crippen LogP contribution < -0.4 is 9.62 Å². The standard InChI is InChI=1S/C19H26N4O2S/c1-22-11-13-23(14-12-22)18-9-10-19(20-16-18)21-26(24,25)15-5-8-17-6-3-2-4-7-17/h2-4,6-7,9-10,16H,5,8,11-15H2,1H3,(H,20,21). The van der Waals surface area contributed by atoms with Crippen LogP contribution in [0.15, 0.2) is 48.7 Å². The van der Waals surface area contributed by atoms with Crippen LogP contribution in [0.5, 0.6) is 0 Å². The van der Waals surface area contributed by atoms with Gasteiger partial charge in [0.1, 0.15) is 5.82 Å². The Balaban J connectivity index is 1.51. The van der Waals surface area contributed by atoms with Crippen LogP contribution in [-0.4, -0.2) is 57.3 Å². The van der Waals surface area contributed by atoms with Crippen LogP contribution in [0.3, 0.4) is 0 Å². The number of aromatic nitrogens is 1. The van der Waals surface area contributed by atoms with Crippen LogP contribution in [0.1, 0.15) is 12.0 Å². The van der Waals surface area contributed by atoms with E-state index >= 15 is 0 Å². The molecule has 1 aliphatic heterocycles. The number of benzene rings is 1. The maximum Gasteiger partial charge on any atom is 0.233 e. The summed E-state index contributed by atoms with van der Waals surface area (Å²) in [5.41, 5.74) is 2.18. The van der Waals surface area contributed by atoms with Crippen molar-refractivity contribution in [2.45, 2.75) is 12.8 Å². The Morgan fingerprint density at radius 3 is 2.42 bits per heavy atom. The molecule has 2 heterocycles. The van der Waals surface area contributed by atoms with Gasteiger partial charge in [0.15, 0.2) is 0 Å². The lowest BCUT2D eigenvalue weighted by Crippen LogP contribution is -2.44. The zero-order valence-corrected chi connectivity index (χ0v) is 16.0. The summed E-state index contributed by atoms with van der Waals surface area (Å²) in [4.78, 5) is 8.84. The number of pyridine rings is 1. The number of nitrogens with zero attached hydrogens (tertiary/aromatic N) is 3. The highest BCUT2D eigenvalue weighted by atomic mass is 32.2. The van der Waals surface area contributed by atoms with Crippen molar-refractivity contribution in [2.24, 2.45) is 0 Å². The number of hydrogen-bond acceptors (Lipinski definition) is 5. The predicted molar refractivity (Wildman–Crippen MR) is 106 cm³/mol. The molecule has 1 saturated heterocycles. The number of nitrogens with one attached hydrogen (secondary N) is 1. The molecule has 140 valence electrons. The first-order valence-electron chi connectivity index (χ1n) is 8.96. The summed E-state index contributed by atoms with van der Waals surface area (Å²) in [6, 6.07) is 13.6. The second kappa shape index (κ2) is 8.51. The summed E-state index contributed by atoms with van der Waals surface area (Å²) in [7, 11) is -1.27. The Bertz CT molecular complexity index is 786. The van der Waals surface area contributed by atoms with Crippen molar-refractivity contribution in [3.8, 4) is 0 Å². The fraction of sp³-hybridized carbons (Fsp3) is 0.421. The Hall–Kier alpha value is -2.12. The van der Waals surface area contributed by atoms with Gasteiger partial charge in [0.25, 0.3) is 0 Å². The molecule has 1 aliphatic rings. The van der Waals surface area contributed by atoms with Crippen molar-refractivity contribution in [1.29, 1.82) is 0 Å². The molecule has 0 aliphatic carbocycles. The second-order valence-corrected chi connectivity index (χ2v) is 8.54. The Morgan fingerprint density at radius 1 is 1.04 bits per heavy atom. The molecule has 1 fully saturated rings. The lowest BCUT2D eigenvalue weighted by Gasteiger charge is -2.33. The highest BCUT2D eigenvalue weighted by Crippen LogP contribution is 2.17. The third-order valence-corrected chi connectivity index (χ3v) is 5.94. The van der Waals surface area contributed by atoms with Gasteiger partial charge in [-0.15, -0.1) is 0 Å². The van der Waals surface area contributed by atoms with E-state index in [2.05, 4.69) is 26.6 Å². The molecule has 0 radical (unpaired) electrons. The summed E-state index contributed by atoms with van der Waals surface area (Å²) in [6.45, 7) is 3.97. The molecule has 2 aromatic rings. The monoisotopic (exact) mass is 374 g/mol. The Kier molecular flexibility index (Phi) is 6.11. The molecule has 0 amide bonds. The SMILES string of the molecule is CN1CCN(c2ccc(NS(=O)(=O)CCCc3ccccc3)nc2)CC1. The first-order valence-corrected chi connectivity index (χ1v) is 10.6. The van der Waals surface area contributed by atoms with Gasteiger partial charge < -0.3 is 9.80 Å². The van der Waals surface area contributed by atoms with E-state index in [0.717, 1.165) is 43.9 Å². The van der Waals surface area contributed by atoms with E-state index in [1.807, 2.05) is 36.4 Å². The summed E-state index contributed by atoms with van der Waals surface area (Å²) in [6.07, 6.45) is 3.07. The van der Waals surface area contributed by atoms with Crippen LogP contribution in [0.25, 0.3) is 0 Å². The molecule has 0 bridgehead atoms. The van der Waals surface area contributed by atoms with Gasteiger partial charge in [0, 0.05) is 26.2 Å². The zero-order chi connectivity index (χ0) is 18.4. The van der Waals surface area contributed by atoms with Crippen molar-refractivity contribution < 1.29 is 8.42 Å². The predicted octanol–water partition coefficient (Wildman–Crippen LogP) is 2.21. The molecular formula is C19H26N4O2S. The van der Waals surface area contributed by atoms with Gasteiger partial charge in [-0.3, -0.25) is 4.72 Å². The normalized spacial score (nSPS) is 15.8. The quantitative estimate of drug-likeness (QED) is 0.805. The summed E-state index contributed by atoms with van der Waals surface area (Å²) in [5.74, 6) is 0.464. The van der Waals surface area contributed by atoms with Gasteiger partial charge in [0.05, 0.1) is 17.6 Å². The molecular weight excluding hydrogens is 348 g/mol. The average molecular weight is 375 g/mol. The maximum absolute atomic E-state index is 12.2. The fourth-order valence-corrected chi connectivity index (χ4v) is 4.09. The van der Waals surface area contributed by atoms with Crippen molar-refractivity contribution in [2.75, 3.05) is 48.6 Å². The first-order chi connectivity index (χ1) is 12.5. The second-order valence-electron chi connectivity index (χ2n) is 6.70. The van der Waals surface area contributed by atoms with Crippen LogP contribution in [-0.2, 0) is 16.4 Å². The minimum atomic E-state index is -3.38. The molecule has 6 nitrogen and oxygen atoms in total. The molecule has 26 heavy (non-hydrogen) atoms. The van der Waals surface area contributed by atoms with Gasteiger partial charge in [-0.2, -0.15) is 0 Å². The molecule has 1 aromatic carbocycles. The molecule has 3 rings (SSSR count). The third kappa shape index (κ3) is 5.44. The third-order valence-electron chi connectivity index (χ3n) is 4.60. The lowest BCUT2D eigenvalue weighted by atomic mass is 10.1. The molecule has 0 spiro atoms. The van der Waals surface area contributed by atoms with E-state index in [9.17, 15) is 8.42 Å². The van der Waals surface area contributed by atoms with Crippen LogP contribution >= 0.6 is 0 Å². The van der Waals surface area contributed by atoms with Crippen molar-refractivity contribution >= 4 is 21.5 Å². The van der Waals surface area contributed by atoms with E-state index in [-0.39, 0.29) is 5.75 Å². The topological polar surface area (TPSA) is 65.5 Å². The minimum Gasteiger partial charge on any atom is -0.368 e. The number of piperazine rings is 1. The number of rotatable bonds is 7. The van der Waals surface area contributed by atoms with Crippen LogP contribution in [0, 0.1) is 0 Å². The number of hydrogen-bond donors (Lipinski definition) is 1. The fourth-order valence-electron chi connectivity index (χ4n) is 3.02. The first kappa shape index (κ1) is 18.7. The van der Waals surface area contributed by atoms with Gasteiger partial charge in [-0.25, -0.2) is 13.4 Å². The summed E-state index contributed by atoms with van der Waals surface area (Å²) < 4.78 is 27.1. The molecule has 1 aromatic heterocycles. The van der Waals surface area contributed by atoms with Gasteiger partial charge in [-0.05, 0) is 37.6 Å². The van der Waals surface area contributed by atoms with Crippen molar-refractivity contribution in [3.63, 3.8) is 0 Å².